The van der Waals surface area contributed by atoms with Gasteiger partial charge in [0.1, 0.15) is 0 Å². The third kappa shape index (κ3) is 6.87. The van der Waals surface area contributed by atoms with Crippen LogP contribution in [0.25, 0.3) is 0 Å². The SMILES string of the molecule is CCCN(Cc1sc(Nc2c(Cl)cc(Cl)cc2Cl)nc1C(F)(F)F)CC1CCCCC1. The topological polar surface area (TPSA) is 28.2 Å². The minimum Gasteiger partial charge on any atom is -0.329 e. The van der Waals surface area contributed by atoms with Crippen molar-refractivity contribution in [3.05, 3.63) is 37.8 Å². The molecule has 0 aliphatic heterocycles. The fourth-order valence-corrected chi connectivity index (χ4v) is 5.93. The lowest BCUT2D eigenvalue weighted by Crippen LogP contribution is -2.31. The smallest absolute Gasteiger partial charge is 0.329 e. The van der Waals surface area contributed by atoms with Gasteiger partial charge in [-0.15, -0.1) is 0 Å². The van der Waals surface area contributed by atoms with E-state index in [2.05, 4.69) is 15.2 Å². The Morgan fingerprint density at radius 2 is 1.77 bits per heavy atom. The molecule has 1 aromatic carbocycles. The second-order valence-electron chi connectivity index (χ2n) is 7.90. The molecule has 1 aromatic heterocycles. The fraction of sp³-hybridized carbons (Fsp3) is 0.571. The van der Waals surface area contributed by atoms with Crippen LogP contribution in [0.3, 0.4) is 0 Å². The Kier molecular flexibility index (Phi) is 8.78. The van der Waals surface area contributed by atoms with E-state index < -0.39 is 11.9 Å². The van der Waals surface area contributed by atoms with Crippen molar-refractivity contribution < 1.29 is 13.2 Å². The first-order chi connectivity index (χ1) is 14.7. The molecule has 1 aliphatic carbocycles. The summed E-state index contributed by atoms with van der Waals surface area (Å²) in [5.41, 5.74) is -0.569. The van der Waals surface area contributed by atoms with Crippen LogP contribution in [0.15, 0.2) is 12.1 Å². The van der Waals surface area contributed by atoms with E-state index in [0.717, 1.165) is 43.7 Å². The van der Waals surface area contributed by atoms with Gasteiger partial charge in [-0.05, 0) is 43.9 Å². The Labute approximate surface area is 199 Å². The van der Waals surface area contributed by atoms with E-state index in [9.17, 15) is 13.2 Å². The summed E-state index contributed by atoms with van der Waals surface area (Å²) >= 11 is 19.2. The Balaban J connectivity index is 1.84. The van der Waals surface area contributed by atoms with Gasteiger partial charge in [0.2, 0.25) is 0 Å². The van der Waals surface area contributed by atoms with E-state index >= 15 is 0 Å². The molecule has 1 heterocycles. The van der Waals surface area contributed by atoms with Gasteiger partial charge in [0.05, 0.1) is 20.6 Å². The molecule has 3 nitrogen and oxygen atoms in total. The molecular weight excluding hydrogens is 490 g/mol. The standard InChI is InChI=1S/C21H25Cl3F3N3S/c1-2-8-30(11-13-6-4-3-5-7-13)12-17-19(21(25,26)27)29-20(31-17)28-18-15(23)9-14(22)10-16(18)24/h9-10,13H,2-8,11-12H2,1H3,(H,28,29). The molecule has 31 heavy (non-hydrogen) atoms. The molecule has 10 heteroatoms. The van der Waals surface area contributed by atoms with Crippen LogP contribution in [0.2, 0.25) is 15.1 Å². The zero-order valence-corrected chi connectivity index (χ0v) is 20.3. The number of hydrogen-bond donors (Lipinski definition) is 1. The van der Waals surface area contributed by atoms with Gasteiger partial charge in [0.25, 0.3) is 0 Å². The van der Waals surface area contributed by atoms with Crippen LogP contribution in [0.4, 0.5) is 24.0 Å². The van der Waals surface area contributed by atoms with E-state index in [4.69, 9.17) is 34.8 Å². The fourth-order valence-electron chi connectivity index (χ4n) is 3.99. The van der Waals surface area contributed by atoms with Gasteiger partial charge in [-0.1, -0.05) is 72.3 Å². The summed E-state index contributed by atoms with van der Waals surface area (Å²) in [6.45, 7) is 3.84. The van der Waals surface area contributed by atoms with Crippen LogP contribution < -0.4 is 5.32 Å². The molecule has 0 radical (unpaired) electrons. The van der Waals surface area contributed by atoms with Gasteiger partial charge in [-0.3, -0.25) is 4.90 Å². The van der Waals surface area contributed by atoms with Crippen LogP contribution in [-0.2, 0) is 12.7 Å². The molecule has 3 rings (SSSR count). The maximum Gasteiger partial charge on any atom is 0.434 e. The Hall–Kier alpha value is -0.730. The number of nitrogens with one attached hydrogen (secondary N) is 1. The Morgan fingerprint density at radius 1 is 1.13 bits per heavy atom. The van der Waals surface area contributed by atoms with Crippen molar-refractivity contribution in [1.29, 1.82) is 0 Å². The highest BCUT2D eigenvalue weighted by atomic mass is 35.5. The van der Waals surface area contributed by atoms with Crippen molar-refractivity contribution in [2.45, 2.75) is 58.2 Å². The molecule has 172 valence electrons. The maximum absolute atomic E-state index is 13.7. The molecule has 1 N–H and O–H groups in total. The number of benzene rings is 1. The van der Waals surface area contributed by atoms with Crippen molar-refractivity contribution >= 4 is 57.0 Å². The first kappa shape index (κ1) is 24.9. The monoisotopic (exact) mass is 513 g/mol. The van der Waals surface area contributed by atoms with Crippen molar-refractivity contribution in [1.82, 2.24) is 9.88 Å². The molecule has 0 unspecified atom stereocenters. The molecule has 0 saturated heterocycles. The van der Waals surface area contributed by atoms with E-state index in [1.807, 2.05) is 6.92 Å². The van der Waals surface area contributed by atoms with Gasteiger partial charge in [0.15, 0.2) is 10.8 Å². The number of hydrogen-bond acceptors (Lipinski definition) is 4. The predicted molar refractivity (Wildman–Crippen MR) is 124 cm³/mol. The normalized spacial score (nSPS) is 15.6. The highest BCUT2D eigenvalue weighted by molar-refractivity contribution is 7.15. The number of rotatable bonds is 8. The van der Waals surface area contributed by atoms with Crippen molar-refractivity contribution in [2.75, 3.05) is 18.4 Å². The summed E-state index contributed by atoms with van der Waals surface area (Å²) in [6.07, 6.45) is 2.30. The summed E-state index contributed by atoms with van der Waals surface area (Å²) in [6, 6.07) is 2.95. The third-order valence-corrected chi connectivity index (χ3v) is 7.12. The van der Waals surface area contributed by atoms with Crippen LogP contribution in [-0.4, -0.2) is 23.0 Å². The Morgan fingerprint density at radius 3 is 2.35 bits per heavy atom. The number of nitrogens with zero attached hydrogens (tertiary/aromatic N) is 2. The van der Waals surface area contributed by atoms with Gasteiger partial charge in [0, 0.05) is 18.1 Å². The summed E-state index contributed by atoms with van der Waals surface area (Å²) < 4.78 is 41.2. The molecular formula is C21H25Cl3F3N3S. The number of aromatic nitrogens is 1. The molecule has 1 fully saturated rings. The molecule has 0 amide bonds. The Bertz CT molecular complexity index is 859. The number of anilines is 2. The second-order valence-corrected chi connectivity index (χ2v) is 10.2. The van der Waals surface area contributed by atoms with E-state index in [0.29, 0.717) is 10.9 Å². The first-order valence-corrected chi connectivity index (χ1v) is 12.3. The molecule has 0 atom stereocenters. The molecule has 0 bridgehead atoms. The van der Waals surface area contributed by atoms with E-state index in [-0.39, 0.29) is 32.3 Å². The summed E-state index contributed by atoms with van der Waals surface area (Å²) in [7, 11) is 0. The molecule has 2 aromatic rings. The first-order valence-electron chi connectivity index (χ1n) is 10.4. The molecule has 1 aliphatic rings. The second kappa shape index (κ2) is 10.9. The lowest BCUT2D eigenvalue weighted by atomic mass is 9.89. The highest BCUT2D eigenvalue weighted by Gasteiger charge is 2.38. The zero-order valence-electron chi connectivity index (χ0n) is 17.2. The van der Waals surface area contributed by atoms with Crippen molar-refractivity contribution in [2.24, 2.45) is 5.92 Å². The highest BCUT2D eigenvalue weighted by Crippen LogP contribution is 2.41. The number of alkyl halides is 3. The quantitative estimate of drug-likeness (QED) is 0.382. The van der Waals surface area contributed by atoms with Gasteiger partial charge >= 0.3 is 6.18 Å². The van der Waals surface area contributed by atoms with Gasteiger partial charge in [-0.25, -0.2) is 4.98 Å². The number of thiazole rings is 1. The van der Waals surface area contributed by atoms with Crippen LogP contribution in [0, 0.1) is 5.92 Å². The number of halogens is 6. The zero-order chi connectivity index (χ0) is 22.6. The summed E-state index contributed by atoms with van der Waals surface area (Å²) in [5, 5.41) is 3.73. The van der Waals surface area contributed by atoms with Crippen molar-refractivity contribution in [3.8, 4) is 0 Å². The lowest BCUT2D eigenvalue weighted by molar-refractivity contribution is -0.141. The predicted octanol–water partition coefficient (Wildman–Crippen LogP) is 8.66. The van der Waals surface area contributed by atoms with Crippen molar-refractivity contribution in [3.63, 3.8) is 0 Å². The summed E-state index contributed by atoms with van der Waals surface area (Å²) in [5.74, 6) is 0.548. The maximum atomic E-state index is 13.7. The van der Waals surface area contributed by atoms with Gasteiger partial charge in [-0.2, -0.15) is 13.2 Å². The lowest BCUT2D eigenvalue weighted by Gasteiger charge is -2.29. The minimum absolute atomic E-state index is 0.0996. The largest absolute Gasteiger partial charge is 0.434 e. The average molecular weight is 515 g/mol. The molecule has 0 spiro atoms. The average Bonchev–Trinajstić information content (AvgIpc) is 3.08. The van der Waals surface area contributed by atoms with Crippen LogP contribution >= 0.6 is 46.1 Å². The van der Waals surface area contributed by atoms with E-state index in [1.54, 1.807) is 0 Å². The third-order valence-electron chi connectivity index (χ3n) is 5.35. The molecule has 1 saturated carbocycles. The summed E-state index contributed by atoms with van der Waals surface area (Å²) in [4.78, 5) is 6.17. The van der Waals surface area contributed by atoms with Gasteiger partial charge < -0.3 is 5.32 Å². The minimum atomic E-state index is -4.54. The van der Waals surface area contributed by atoms with E-state index in [1.165, 1.54) is 31.4 Å². The van der Waals surface area contributed by atoms with Crippen LogP contribution in [0.1, 0.15) is 56.0 Å². The van der Waals surface area contributed by atoms with Crippen LogP contribution in [0.5, 0.6) is 0 Å².